The summed E-state index contributed by atoms with van der Waals surface area (Å²) in [6.07, 6.45) is 7.40. The second kappa shape index (κ2) is 3.99. The molecule has 0 bridgehead atoms. The maximum absolute atomic E-state index is 4.18. The van der Waals surface area contributed by atoms with Crippen molar-refractivity contribution in [3.63, 3.8) is 0 Å². The van der Waals surface area contributed by atoms with Crippen molar-refractivity contribution in [1.29, 1.82) is 0 Å². The van der Waals surface area contributed by atoms with Gasteiger partial charge in [-0.3, -0.25) is 4.98 Å². The van der Waals surface area contributed by atoms with Crippen molar-refractivity contribution in [1.82, 2.24) is 10.3 Å². The number of hydrogen-bond acceptors (Lipinski definition) is 2. The van der Waals surface area contributed by atoms with Gasteiger partial charge in [-0.15, -0.1) is 0 Å². The molecule has 0 saturated carbocycles. The highest BCUT2D eigenvalue weighted by Crippen LogP contribution is 2.23. The van der Waals surface area contributed by atoms with Gasteiger partial charge in [0.15, 0.2) is 0 Å². The van der Waals surface area contributed by atoms with Crippen molar-refractivity contribution in [2.24, 2.45) is 0 Å². The summed E-state index contributed by atoms with van der Waals surface area (Å²) in [4.78, 5) is 4.18. The Morgan fingerprint density at radius 3 is 3.07 bits per heavy atom. The zero-order chi connectivity index (χ0) is 10.0. The van der Waals surface area contributed by atoms with Crippen molar-refractivity contribution in [3.05, 3.63) is 28.5 Å². The maximum atomic E-state index is 4.18. The molecule has 1 aliphatic heterocycles. The van der Waals surface area contributed by atoms with Gasteiger partial charge in [0.05, 0.1) is 0 Å². The van der Waals surface area contributed by atoms with Crippen molar-refractivity contribution in [3.8, 4) is 0 Å². The van der Waals surface area contributed by atoms with E-state index in [0.29, 0.717) is 0 Å². The minimum Gasteiger partial charge on any atom is -0.311 e. The van der Waals surface area contributed by atoms with Crippen LogP contribution in [0.1, 0.15) is 25.3 Å². The molecule has 1 fully saturated rings. The number of nitrogens with one attached hydrogen (secondary N) is 1. The van der Waals surface area contributed by atoms with Crippen LogP contribution in [0.4, 0.5) is 0 Å². The normalized spacial score (nSPS) is 26.7. The molecule has 3 heteroatoms. The predicted octanol–water partition coefficient (Wildman–Crippen LogP) is 2.53. The van der Waals surface area contributed by atoms with E-state index in [1.54, 1.807) is 0 Å². The van der Waals surface area contributed by atoms with E-state index in [-0.39, 0.29) is 5.54 Å². The first kappa shape index (κ1) is 10.1. The van der Waals surface area contributed by atoms with Crippen LogP contribution in [0.25, 0.3) is 0 Å². The monoisotopic (exact) mass is 254 g/mol. The molecule has 14 heavy (non-hydrogen) atoms. The predicted molar refractivity (Wildman–Crippen MR) is 61.3 cm³/mol. The first-order chi connectivity index (χ1) is 6.68. The quantitative estimate of drug-likeness (QED) is 0.878. The van der Waals surface area contributed by atoms with Gasteiger partial charge in [0, 0.05) is 22.4 Å². The number of pyridine rings is 1. The topological polar surface area (TPSA) is 24.9 Å². The average molecular weight is 255 g/mol. The number of halogens is 1. The second-order valence-electron chi connectivity index (χ2n) is 4.28. The highest BCUT2D eigenvalue weighted by molar-refractivity contribution is 9.10. The van der Waals surface area contributed by atoms with Gasteiger partial charge in [-0.25, -0.2) is 0 Å². The summed E-state index contributed by atoms with van der Waals surface area (Å²) in [5, 5.41) is 3.56. The van der Waals surface area contributed by atoms with E-state index >= 15 is 0 Å². The lowest BCUT2D eigenvalue weighted by Gasteiger charge is -2.24. The van der Waals surface area contributed by atoms with Crippen LogP contribution in [0.2, 0.25) is 0 Å². The van der Waals surface area contributed by atoms with Gasteiger partial charge in [-0.05, 0) is 60.3 Å². The van der Waals surface area contributed by atoms with Crippen molar-refractivity contribution in [2.75, 3.05) is 6.54 Å². The Morgan fingerprint density at radius 1 is 1.57 bits per heavy atom. The fourth-order valence-corrected chi connectivity index (χ4v) is 2.52. The molecule has 1 aromatic rings. The van der Waals surface area contributed by atoms with Crippen molar-refractivity contribution in [2.45, 2.75) is 31.7 Å². The largest absolute Gasteiger partial charge is 0.311 e. The lowest BCUT2D eigenvalue weighted by molar-refractivity contribution is 0.412. The molecule has 1 aromatic heterocycles. The van der Waals surface area contributed by atoms with Crippen LogP contribution in [0, 0.1) is 0 Å². The molecule has 1 aliphatic rings. The van der Waals surface area contributed by atoms with Crippen LogP contribution in [-0.2, 0) is 6.42 Å². The molecule has 2 nitrogen and oxygen atoms in total. The Morgan fingerprint density at radius 2 is 2.43 bits per heavy atom. The van der Waals surface area contributed by atoms with Crippen molar-refractivity contribution < 1.29 is 0 Å². The Bertz CT molecular complexity index is 319. The standard InChI is InChI=1S/C11H15BrN2/c1-11(3-2-4-14-11)6-9-5-10(12)8-13-7-9/h5,7-8,14H,2-4,6H2,1H3. The average Bonchev–Trinajstić information content (AvgIpc) is 2.51. The first-order valence-electron chi connectivity index (χ1n) is 5.02. The van der Waals surface area contributed by atoms with Crippen LogP contribution in [0.3, 0.4) is 0 Å². The van der Waals surface area contributed by atoms with E-state index in [1.165, 1.54) is 18.4 Å². The van der Waals surface area contributed by atoms with Gasteiger partial charge in [-0.2, -0.15) is 0 Å². The van der Waals surface area contributed by atoms with Gasteiger partial charge < -0.3 is 5.32 Å². The fourth-order valence-electron chi connectivity index (χ4n) is 2.11. The molecular formula is C11H15BrN2. The third kappa shape index (κ3) is 2.34. The van der Waals surface area contributed by atoms with Gasteiger partial charge in [0.2, 0.25) is 0 Å². The van der Waals surface area contributed by atoms with Crippen LogP contribution in [-0.4, -0.2) is 17.1 Å². The molecule has 2 heterocycles. The highest BCUT2D eigenvalue weighted by Gasteiger charge is 2.27. The summed E-state index contributed by atoms with van der Waals surface area (Å²) in [5.41, 5.74) is 1.58. The molecule has 0 amide bonds. The molecule has 0 radical (unpaired) electrons. The maximum Gasteiger partial charge on any atom is 0.0410 e. The number of aromatic nitrogens is 1. The van der Waals surface area contributed by atoms with E-state index in [9.17, 15) is 0 Å². The smallest absolute Gasteiger partial charge is 0.0410 e. The molecule has 1 saturated heterocycles. The Balaban J connectivity index is 2.10. The highest BCUT2D eigenvalue weighted by atomic mass is 79.9. The van der Waals surface area contributed by atoms with Gasteiger partial charge in [0.1, 0.15) is 0 Å². The van der Waals surface area contributed by atoms with Crippen molar-refractivity contribution >= 4 is 15.9 Å². The molecule has 2 rings (SSSR count). The van der Waals surface area contributed by atoms with Gasteiger partial charge in [0.25, 0.3) is 0 Å². The van der Waals surface area contributed by atoms with E-state index in [2.05, 4.69) is 39.2 Å². The van der Waals surface area contributed by atoms with Crippen LogP contribution in [0.15, 0.2) is 22.9 Å². The number of rotatable bonds is 2. The summed E-state index contributed by atoms with van der Waals surface area (Å²) in [6.45, 7) is 3.44. The zero-order valence-corrected chi connectivity index (χ0v) is 9.97. The van der Waals surface area contributed by atoms with Crippen LogP contribution < -0.4 is 5.32 Å². The summed E-state index contributed by atoms with van der Waals surface area (Å²) < 4.78 is 1.07. The summed E-state index contributed by atoms with van der Waals surface area (Å²) in [7, 11) is 0. The Labute approximate surface area is 93.3 Å². The summed E-state index contributed by atoms with van der Waals surface area (Å²) in [6, 6.07) is 2.15. The molecule has 1 unspecified atom stereocenters. The van der Waals surface area contributed by atoms with Crippen LogP contribution in [0.5, 0.6) is 0 Å². The molecule has 0 spiro atoms. The van der Waals surface area contributed by atoms with Crippen LogP contribution >= 0.6 is 15.9 Å². The minimum atomic E-state index is 0.280. The fraction of sp³-hybridized carbons (Fsp3) is 0.545. The molecule has 0 aromatic carbocycles. The molecule has 1 atom stereocenters. The summed E-state index contributed by atoms with van der Waals surface area (Å²) in [5.74, 6) is 0. The lowest BCUT2D eigenvalue weighted by Crippen LogP contribution is -2.38. The first-order valence-corrected chi connectivity index (χ1v) is 5.82. The van der Waals surface area contributed by atoms with E-state index < -0.39 is 0 Å². The third-order valence-electron chi connectivity index (χ3n) is 2.81. The van der Waals surface area contributed by atoms with E-state index in [4.69, 9.17) is 0 Å². The Kier molecular flexibility index (Phi) is 2.88. The SMILES string of the molecule is CC1(Cc2cncc(Br)c2)CCCN1. The molecular weight excluding hydrogens is 240 g/mol. The van der Waals surface area contributed by atoms with Gasteiger partial charge >= 0.3 is 0 Å². The molecule has 76 valence electrons. The molecule has 1 N–H and O–H groups in total. The Hall–Kier alpha value is -0.410. The van der Waals surface area contributed by atoms with E-state index in [1.807, 2.05) is 12.4 Å². The van der Waals surface area contributed by atoms with E-state index in [0.717, 1.165) is 17.4 Å². The lowest BCUT2D eigenvalue weighted by atomic mass is 9.92. The van der Waals surface area contributed by atoms with Gasteiger partial charge in [-0.1, -0.05) is 0 Å². The molecule has 0 aliphatic carbocycles. The zero-order valence-electron chi connectivity index (χ0n) is 8.39. The number of hydrogen-bond donors (Lipinski definition) is 1. The summed E-state index contributed by atoms with van der Waals surface area (Å²) >= 11 is 3.45. The third-order valence-corrected chi connectivity index (χ3v) is 3.25. The number of nitrogens with zero attached hydrogens (tertiary/aromatic N) is 1. The second-order valence-corrected chi connectivity index (χ2v) is 5.19. The minimum absolute atomic E-state index is 0.280.